The summed E-state index contributed by atoms with van der Waals surface area (Å²) >= 11 is 0. The molecule has 22 heavy (non-hydrogen) atoms. The smallest absolute Gasteiger partial charge is 0.302 e. The van der Waals surface area contributed by atoms with Crippen molar-refractivity contribution in [1.29, 1.82) is 0 Å². The van der Waals surface area contributed by atoms with Crippen molar-refractivity contribution in [2.45, 2.75) is 31.8 Å². The van der Waals surface area contributed by atoms with Gasteiger partial charge in [-0.05, 0) is 40.8 Å². The Kier molecular flexibility index (Phi) is 3.83. The van der Waals surface area contributed by atoms with E-state index in [9.17, 15) is 13.9 Å². The van der Waals surface area contributed by atoms with Crippen LogP contribution >= 0.6 is 0 Å². The number of benzene rings is 2. The van der Waals surface area contributed by atoms with Crippen LogP contribution in [0.4, 0.5) is 8.78 Å². The van der Waals surface area contributed by atoms with Gasteiger partial charge in [-0.2, -0.15) is 8.78 Å². The van der Waals surface area contributed by atoms with E-state index in [1.54, 1.807) is 18.2 Å². The Bertz CT molecular complexity index is 702. The molecule has 3 heteroatoms. The van der Waals surface area contributed by atoms with Crippen LogP contribution in [0.5, 0.6) is 0 Å². The minimum absolute atomic E-state index is 0.117. The molecule has 0 aliphatic heterocycles. The average molecular weight is 300 g/mol. The fourth-order valence-electron chi connectivity index (χ4n) is 2.81. The number of aliphatic hydroxyl groups is 1. The highest BCUT2D eigenvalue weighted by atomic mass is 19.3. The maximum atomic E-state index is 14.0. The van der Waals surface area contributed by atoms with Gasteiger partial charge in [0.05, 0.1) is 0 Å². The van der Waals surface area contributed by atoms with E-state index in [0.29, 0.717) is 5.56 Å². The monoisotopic (exact) mass is 300 g/mol. The lowest BCUT2D eigenvalue weighted by Gasteiger charge is -2.26. The Morgan fingerprint density at radius 2 is 1.73 bits per heavy atom. The molecule has 1 aliphatic carbocycles. The molecule has 3 rings (SSSR count). The molecule has 0 saturated heterocycles. The molecule has 0 heterocycles. The highest BCUT2D eigenvalue weighted by Gasteiger charge is 2.42. The van der Waals surface area contributed by atoms with Crippen molar-refractivity contribution in [3.05, 3.63) is 65.2 Å². The van der Waals surface area contributed by atoms with Crippen molar-refractivity contribution in [1.82, 2.24) is 0 Å². The summed E-state index contributed by atoms with van der Waals surface area (Å²) in [5, 5.41) is 9.41. The molecule has 2 aromatic rings. The van der Waals surface area contributed by atoms with E-state index in [-0.39, 0.29) is 5.56 Å². The van der Waals surface area contributed by atoms with Gasteiger partial charge in [0.25, 0.3) is 0 Å². The van der Waals surface area contributed by atoms with Crippen molar-refractivity contribution in [2.24, 2.45) is 0 Å². The first-order valence-electron chi connectivity index (χ1n) is 7.50. The molecule has 0 bridgehead atoms. The molecular weight excluding hydrogens is 282 g/mol. The first kappa shape index (κ1) is 14.9. The fourth-order valence-corrected chi connectivity index (χ4v) is 2.81. The number of hydrogen-bond donors (Lipinski definition) is 1. The summed E-state index contributed by atoms with van der Waals surface area (Å²) in [5.74, 6) is -3.23. The van der Waals surface area contributed by atoms with Gasteiger partial charge in [-0.25, -0.2) is 0 Å². The van der Waals surface area contributed by atoms with Crippen molar-refractivity contribution >= 4 is 6.08 Å². The van der Waals surface area contributed by atoms with Gasteiger partial charge < -0.3 is 5.11 Å². The van der Waals surface area contributed by atoms with Gasteiger partial charge in [0.15, 0.2) is 0 Å². The van der Waals surface area contributed by atoms with E-state index in [0.717, 1.165) is 30.0 Å². The predicted molar refractivity (Wildman–Crippen MR) is 84.8 cm³/mol. The predicted octanol–water partition coefficient (Wildman–Crippen LogP) is 4.79. The topological polar surface area (TPSA) is 20.2 Å². The normalized spacial score (nSPS) is 19.0. The molecule has 1 aliphatic rings. The van der Waals surface area contributed by atoms with Crippen molar-refractivity contribution in [3.63, 3.8) is 0 Å². The molecule has 1 N–H and O–H groups in total. The molecule has 114 valence electrons. The van der Waals surface area contributed by atoms with Crippen LogP contribution in [0.25, 0.3) is 17.2 Å². The lowest BCUT2D eigenvalue weighted by Crippen LogP contribution is -2.32. The summed E-state index contributed by atoms with van der Waals surface area (Å²) in [6, 6.07) is 13.0. The molecule has 0 aromatic heterocycles. The Morgan fingerprint density at radius 3 is 2.41 bits per heavy atom. The highest BCUT2D eigenvalue weighted by Crippen LogP contribution is 2.40. The summed E-state index contributed by atoms with van der Waals surface area (Å²) in [7, 11) is 0. The SMILES string of the molecule is CCCc1ccc(-c2ccc3c(c2)C=CC(O)C3(F)F)cc1. The molecule has 1 nitrogen and oxygen atoms in total. The lowest BCUT2D eigenvalue weighted by molar-refractivity contribution is -0.0939. The largest absolute Gasteiger partial charge is 0.382 e. The Morgan fingerprint density at radius 1 is 1.05 bits per heavy atom. The molecule has 0 fully saturated rings. The molecule has 0 amide bonds. The van der Waals surface area contributed by atoms with Crippen LogP contribution in [0.2, 0.25) is 0 Å². The summed E-state index contributed by atoms with van der Waals surface area (Å²) in [5.41, 5.74) is 3.53. The third-order valence-electron chi connectivity index (χ3n) is 4.07. The highest BCUT2D eigenvalue weighted by molar-refractivity contribution is 5.71. The zero-order valence-corrected chi connectivity index (χ0v) is 12.4. The number of aliphatic hydroxyl groups excluding tert-OH is 1. The van der Waals surface area contributed by atoms with Crippen LogP contribution in [0.15, 0.2) is 48.5 Å². The van der Waals surface area contributed by atoms with Gasteiger partial charge >= 0.3 is 5.92 Å². The van der Waals surface area contributed by atoms with Crippen molar-refractivity contribution in [2.75, 3.05) is 0 Å². The second kappa shape index (κ2) is 5.65. The molecule has 0 radical (unpaired) electrons. The Balaban J connectivity index is 1.97. The third-order valence-corrected chi connectivity index (χ3v) is 4.07. The van der Waals surface area contributed by atoms with Gasteiger partial charge in [0, 0.05) is 5.56 Å². The maximum absolute atomic E-state index is 14.0. The quantitative estimate of drug-likeness (QED) is 0.864. The van der Waals surface area contributed by atoms with E-state index < -0.39 is 12.0 Å². The maximum Gasteiger partial charge on any atom is 0.302 e. The average Bonchev–Trinajstić information content (AvgIpc) is 2.52. The molecule has 0 saturated carbocycles. The van der Waals surface area contributed by atoms with Gasteiger partial charge in [0.2, 0.25) is 0 Å². The van der Waals surface area contributed by atoms with Gasteiger partial charge in [-0.1, -0.05) is 55.8 Å². The molecule has 0 spiro atoms. The van der Waals surface area contributed by atoms with Gasteiger partial charge in [-0.3, -0.25) is 0 Å². The van der Waals surface area contributed by atoms with Crippen molar-refractivity contribution in [3.8, 4) is 11.1 Å². The molecular formula is C19H18F2O. The van der Waals surface area contributed by atoms with E-state index in [1.165, 1.54) is 11.6 Å². The van der Waals surface area contributed by atoms with Gasteiger partial charge in [0.1, 0.15) is 6.10 Å². The number of aryl methyl sites for hydroxylation is 1. The standard InChI is InChI=1S/C19H18F2O/c1-2-3-13-4-6-14(7-5-13)15-8-10-17-16(12-15)9-11-18(22)19(17,20)21/h4-12,18,22H,2-3H2,1H3. The summed E-state index contributed by atoms with van der Waals surface area (Å²) in [4.78, 5) is 0. The number of halogens is 2. The second-order valence-corrected chi connectivity index (χ2v) is 5.68. The van der Waals surface area contributed by atoms with Crippen LogP contribution in [0, 0.1) is 0 Å². The molecule has 1 atom stereocenters. The van der Waals surface area contributed by atoms with Crippen LogP contribution in [-0.2, 0) is 12.3 Å². The fraction of sp³-hybridized carbons (Fsp3) is 0.263. The number of rotatable bonds is 3. The first-order valence-corrected chi connectivity index (χ1v) is 7.50. The van der Waals surface area contributed by atoms with Crippen molar-refractivity contribution < 1.29 is 13.9 Å². The van der Waals surface area contributed by atoms with Gasteiger partial charge in [-0.15, -0.1) is 0 Å². The molecule has 1 unspecified atom stereocenters. The number of fused-ring (bicyclic) bond motifs is 1. The first-order chi connectivity index (χ1) is 10.5. The van der Waals surface area contributed by atoms with E-state index in [4.69, 9.17) is 0 Å². The minimum Gasteiger partial charge on any atom is -0.382 e. The summed E-state index contributed by atoms with van der Waals surface area (Å²) in [6.45, 7) is 2.14. The number of alkyl halides is 2. The third kappa shape index (κ3) is 2.57. The van der Waals surface area contributed by atoms with Crippen LogP contribution in [-0.4, -0.2) is 11.2 Å². The lowest BCUT2D eigenvalue weighted by atomic mass is 9.89. The Hall–Kier alpha value is -2.00. The summed E-state index contributed by atoms with van der Waals surface area (Å²) < 4.78 is 27.9. The van der Waals surface area contributed by atoms with E-state index >= 15 is 0 Å². The Labute approximate surface area is 128 Å². The minimum atomic E-state index is -3.23. The number of hydrogen-bond acceptors (Lipinski definition) is 1. The zero-order valence-electron chi connectivity index (χ0n) is 12.4. The molecule has 2 aromatic carbocycles. The van der Waals surface area contributed by atoms with Crippen LogP contribution in [0.1, 0.15) is 30.0 Å². The second-order valence-electron chi connectivity index (χ2n) is 5.68. The van der Waals surface area contributed by atoms with E-state index in [2.05, 4.69) is 19.1 Å². The zero-order chi connectivity index (χ0) is 15.7. The van der Waals surface area contributed by atoms with E-state index in [1.807, 2.05) is 12.1 Å². The van der Waals surface area contributed by atoms with Crippen LogP contribution in [0.3, 0.4) is 0 Å². The summed E-state index contributed by atoms with van der Waals surface area (Å²) in [6.07, 6.45) is 3.10. The van der Waals surface area contributed by atoms with Crippen LogP contribution < -0.4 is 0 Å².